The zero-order chi connectivity index (χ0) is 49.3. The van der Waals surface area contributed by atoms with E-state index in [-0.39, 0.29) is 16.9 Å². The summed E-state index contributed by atoms with van der Waals surface area (Å²) in [5, 5.41) is 2.23. The molecule has 0 bridgehead atoms. The number of aryl methyl sites for hydroxylation is 1. The summed E-state index contributed by atoms with van der Waals surface area (Å²) in [6.07, 6.45) is 4.97. The first-order valence-electron chi connectivity index (χ1n) is 25.1. The summed E-state index contributed by atoms with van der Waals surface area (Å²) in [4.78, 5) is 4.97. The Morgan fingerprint density at radius 3 is 1.82 bits per heavy atom. The fourth-order valence-electron chi connectivity index (χ4n) is 10.8. The molecule has 5 nitrogen and oxygen atoms in total. The van der Waals surface area contributed by atoms with E-state index in [4.69, 9.17) is 9.72 Å². The second kappa shape index (κ2) is 18.1. The number of imidazole rings is 1. The number of fused-ring (bicyclic) bond motifs is 5. The zero-order valence-corrected chi connectivity index (χ0v) is 43.9. The minimum absolute atomic E-state index is 0.0270. The molecule has 358 valence electrons. The summed E-state index contributed by atoms with van der Waals surface area (Å²) in [6.45, 7) is 13.7. The van der Waals surface area contributed by atoms with Crippen LogP contribution in [-0.2, 0) is 36.6 Å². The van der Waals surface area contributed by atoms with Gasteiger partial charge in [0.1, 0.15) is 0 Å². The van der Waals surface area contributed by atoms with Gasteiger partial charge in [0.05, 0.1) is 0 Å². The van der Waals surface area contributed by atoms with Crippen molar-refractivity contribution in [2.45, 2.75) is 77.7 Å². The number of benzene rings is 8. The molecule has 1 aliphatic carbocycles. The zero-order valence-electron chi connectivity index (χ0n) is 41.6. The van der Waals surface area contributed by atoms with Crippen LogP contribution < -0.4 is 4.74 Å². The van der Waals surface area contributed by atoms with Crippen molar-refractivity contribution in [3.8, 4) is 56.4 Å². The van der Waals surface area contributed by atoms with Crippen molar-refractivity contribution in [2.75, 3.05) is 0 Å². The normalized spacial score (nSPS) is 14.0. The predicted molar refractivity (Wildman–Crippen MR) is 292 cm³/mol. The molecule has 1 atom stereocenters. The second-order valence-corrected chi connectivity index (χ2v) is 22.3. The average molecular weight is 1120 g/mol. The van der Waals surface area contributed by atoms with Gasteiger partial charge in [-0.15, -0.1) is 0 Å². The molecule has 8 aromatic carbocycles. The number of aromatic nitrogens is 4. The third-order valence-corrected chi connectivity index (χ3v) is 15.6. The topological polar surface area (TPSA) is 36.9 Å². The Bertz CT molecular complexity index is 3850. The van der Waals surface area contributed by atoms with Crippen molar-refractivity contribution in [2.24, 2.45) is 0 Å². The molecule has 0 aliphatic heterocycles. The number of nitrogens with zero attached hydrogens (tertiary/aromatic N) is 4. The van der Waals surface area contributed by atoms with Crippen molar-refractivity contribution in [3.63, 3.8) is 0 Å². The van der Waals surface area contributed by atoms with E-state index >= 15 is 0 Å². The monoisotopic (exact) mass is 1120 g/mol. The van der Waals surface area contributed by atoms with E-state index in [1.807, 2.05) is 6.20 Å². The average Bonchev–Trinajstić information content (AvgIpc) is 3.88. The molecule has 3 heterocycles. The van der Waals surface area contributed by atoms with Gasteiger partial charge in [0.15, 0.2) is 0 Å². The number of ether oxygens (including phenoxy) is 1. The first kappa shape index (κ1) is 45.8. The Morgan fingerprint density at radius 2 is 1.15 bits per heavy atom. The Morgan fingerprint density at radius 1 is 0.542 bits per heavy atom. The summed E-state index contributed by atoms with van der Waals surface area (Å²) in [5.74, 6) is 2.16. The van der Waals surface area contributed by atoms with Crippen LogP contribution >= 0.6 is 0 Å². The van der Waals surface area contributed by atoms with Crippen LogP contribution in [0, 0.1) is 15.9 Å². The molecular weight excluding hydrogens is 1060 g/mol. The molecule has 3 aromatic heterocycles. The molecule has 12 rings (SSSR count). The molecule has 0 amide bonds. The fourth-order valence-corrected chi connectivity index (χ4v) is 11.9. The van der Waals surface area contributed by atoms with Crippen LogP contribution in [0.3, 0.4) is 0 Å². The summed E-state index contributed by atoms with van der Waals surface area (Å²) >= 11 is 2.60. The van der Waals surface area contributed by atoms with Crippen LogP contribution in [0.2, 0.25) is 0 Å². The van der Waals surface area contributed by atoms with Gasteiger partial charge in [0, 0.05) is 6.20 Å². The van der Waals surface area contributed by atoms with Gasteiger partial charge in [-0.25, -0.2) is 4.98 Å². The minimum Gasteiger partial charge on any atom is -0.0622 e. The van der Waals surface area contributed by atoms with E-state index in [1.165, 1.54) is 66.8 Å². The molecular formula is C66H56N4OPt-2. The van der Waals surface area contributed by atoms with E-state index in [9.17, 15) is 0 Å². The number of pyridine rings is 1. The standard InChI is InChI=1S/C66H56N4O.Pt/c1-65(2,3)49-35-36-67-63(40-49)70-59-34-30-48(44-19-10-7-11-20-44)37-57(59)53-33-32-52(42-62(53)70)71-51-31-29-47-25-18-28-58(54(47)41-51)68-43-69(61-27-17-16-26-60(61)68)64-55(45-21-12-8-13-22-45)38-50(66(4,5)6)39-56(64)46-23-14-9-15-24-46;/h7-17,19-24,26-27,29-40,58H,18,25,28H2,1-6H3;/q-2;. The first-order valence-corrected chi connectivity index (χ1v) is 26.3. The Labute approximate surface area is 433 Å². The Balaban J connectivity index is 0.995. The van der Waals surface area contributed by atoms with Gasteiger partial charge in [0.25, 0.3) is 0 Å². The molecule has 0 saturated carbocycles. The molecule has 0 fully saturated rings. The van der Waals surface area contributed by atoms with E-state index in [0.29, 0.717) is 11.5 Å². The van der Waals surface area contributed by atoms with Gasteiger partial charge in [-0.05, 0) is 40.3 Å². The molecule has 0 N–H and O–H groups in total. The summed E-state index contributed by atoms with van der Waals surface area (Å²) < 4.78 is 15.4. The van der Waals surface area contributed by atoms with Gasteiger partial charge in [0.2, 0.25) is 0 Å². The van der Waals surface area contributed by atoms with Crippen molar-refractivity contribution < 1.29 is 24.1 Å². The van der Waals surface area contributed by atoms with Crippen LogP contribution in [0.15, 0.2) is 188 Å². The van der Waals surface area contributed by atoms with Crippen molar-refractivity contribution >= 4 is 32.8 Å². The molecule has 11 aromatic rings. The second-order valence-electron chi connectivity index (χ2n) is 21.3. The molecule has 1 aliphatic rings. The Kier molecular flexibility index (Phi) is 11.5. The van der Waals surface area contributed by atoms with E-state index in [0.717, 1.165) is 56.2 Å². The van der Waals surface area contributed by atoms with Gasteiger partial charge < -0.3 is 0 Å². The summed E-state index contributed by atoms with van der Waals surface area (Å²) in [5.41, 5.74) is 17.5. The van der Waals surface area contributed by atoms with Crippen LogP contribution in [0.1, 0.15) is 82.7 Å². The number of hydrogen-bond donors (Lipinski definition) is 0. The maximum absolute atomic E-state index is 6.89. The number of rotatable bonds is 8. The first-order chi connectivity index (χ1) is 34.9. The molecule has 6 heteroatoms. The summed E-state index contributed by atoms with van der Waals surface area (Å²) in [6, 6.07) is 73.4. The smallest absolute Gasteiger partial charge is 0.0622 e. The molecule has 72 heavy (non-hydrogen) atoms. The van der Waals surface area contributed by atoms with Gasteiger partial charge >= 0.3 is 321 Å². The summed E-state index contributed by atoms with van der Waals surface area (Å²) in [7, 11) is 0. The molecule has 1 unspecified atom stereocenters. The van der Waals surface area contributed by atoms with Crippen molar-refractivity contribution in [3.05, 3.63) is 226 Å². The van der Waals surface area contributed by atoms with E-state index < -0.39 is 0 Å². The van der Waals surface area contributed by atoms with E-state index in [1.54, 1.807) is 0 Å². The van der Waals surface area contributed by atoms with Crippen LogP contribution in [0.5, 0.6) is 11.5 Å². The predicted octanol–water partition coefficient (Wildman–Crippen LogP) is 16.9. The number of hydrogen-bond acceptors (Lipinski definition) is 2. The van der Waals surface area contributed by atoms with Gasteiger partial charge in [-0.3, -0.25) is 0 Å². The van der Waals surface area contributed by atoms with Crippen molar-refractivity contribution in [1.82, 2.24) is 18.7 Å². The Hall–Kier alpha value is -7.33. The molecule has 0 radical (unpaired) electrons. The number of para-hydroxylation sites is 2. The van der Waals surface area contributed by atoms with Crippen LogP contribution in [0.4, 0.5) is 0 Å². The van der Waals surface area contributed by atoms with Crippen LogP contribution in [0.25, 0.3) is 77.7 Å². The maximum atomic E-state index is 6.89. The fraction of sp³-hybridized carbons (Fsp3) is 0.182. The quantitative estimate of drug-likeness (QED) is 0.142. The minimum atomic E-state index is -0.0667. The molecule has 0 spiro atoms. The van der Waals surface area contributed by atoms with E-state index in [2.05, 4.69) is 269 Å². The van der Waals surface area contributed by atoms with Gasteiger partial charge in [-0.1, -0.05) is 63.2 Å². The third kappa shape index (κ3) is 8.18. The third-order valence-electron chi connectivity index (χ3n) is 14.5. The van der Waals surface area contributed by atoms with Crippen LogP contribution in [-0.4, -0.2) is 18.7 Å². The van der Waals surface area contributed by atoms with Crippen molar-refractivity contribution in [1.29, 1.82) is 0 Å². The molecule has 0 saturated heterocycles. The SMILES string of the molecule is CC(C)(C)c1ccnc(-n2c3[c-]c(Oc4[c-]c5c(cc4)CCCC5n4[c](=[Pt])n(-c5c(-c6ccccc6)cc(C(C)(C)C)cc5-c5ccccc5)c5ccccc54)ccc3c3cc(-c4ccccc4)ccc32)c1. The van der Waals surface area contributed by atoms with Gasteiger partial charge in [-0.2, -0.15) is 0 Å².